The number of furan rings is 1. The number of nitrogens with one attached hydrogen (secondary N) is 1. The van der Waals surface area contributed by atoms with Crippen LogP contribution in [0.5, 0.6) is 5.75 Å². The van der Waals surface area contributed by atoms with Gasteiger partial charge in [0.05, 0.1) is 23.6 Å². The lowest BCUT2D eigenvalue weighted by Gasteiger charge is -2.11. The molecule has 0 aliphatic rings. The molecule has 0 unspecified atom stereocenters. The van der Waals surface area contributed by atoms with Gasteiger partial charge in [0.15, 0.2) is 5.58 Å². The van der Waals surface area contributed by atoms with Crippen molar-refractivity contribution in [1.29, 1.82) is 0 Å². The number of pyridine rings is 1. The minimum atomic E-state index is -0.103. The Labute approximate surface area is 185 Å². The molecule has 0 aliphatic carbocycles. The van der Waals surface area contributed by atoms with Crippen LogP contribution in [0.4, 0.5) is 11.6 Å². The molecule has 0 radical (unpaired) electrons. The molecule has 160 valence electrons. The first kappa shape index (κ1) is 19.9. The van der Waals surface area contributed by atoms with Gasteiger partial charge in [0.25, 0.3) is 5.56 Å². The highest BCUT2D eigenvalue weighted by atomic mass is 16.5. The number of nitrogens with zero attached hydrogens (tertiary/aromatic N) is 1. The van der Waals surface area contributed by atoms with Crippen LogP contribution in [0.2, 0.25) is 0 Å². The molecule has 5 heteroatoms. The zero-order chi connectivity index (χ0) is 22.4. The van der Waals surface area contributed by atoms with Crippen LogP contribution in [-0.2, 0) is 7.05 Å². The lowest BCUT2D eigenvalue weighted by molar-refractivity contribution is 0.415. The molecule has 0 bridgehead atoms. The molecule has 2 aromatic heterocycles. The van der Waals surface area contributed by atoms with Crippen LogP contribution >= 0.6 is 0 Å². The molecule has 32 heavy (non-hydrogen) atoms. The lowest BCUT2D eigenvalue weighted by Crippen LogP contribution is -2.17. The van der Waals surface area contributed by atoms with Gasteiger partial charge in [-0.05, 0) is 55.3 Å². The molecule has 0 spiro atoms. The van der Waals surface area contributed by atoms with Gasteiger partial charge in [-0.2, -0.15) is 0 Å². The van der Waals surface area contributed by atoms with Crippen molar-refractivity contribution >= 4 is 33.4 Å². The smallest absolute Gasteiger partial charge is 0.262 e. The summed E-state index contributed by atoms with van der Waals surface area (Å²) in [6.07, 6.45) is 0. The van der Waals surface area contributed by atoms with Gasteiger partial charge in [0, 0.05) is 18.1 Å². The maximum absolute atomic E-state index is 13.5. The standard InChI is InChI=1S/C27H24N2O3/c1-16-12-13-21(17(2)14-16)28-26-23(18-8-7-9-19(15-18)31-4)24-25(32-26)20-10-5-6-11-22(20)29(3)27(24)30/h5-15,28H,1-4H3. The number of benzene rings is 3. The van der Waals surface area contributed by atoms with Gasteiger partial charge in [-0.1, -0.05) is 42.0 Å². The van der Waals surface area contributed by atoms with Gasteiger partial charge in [-0.25, -0.2) is 0 Å². The Balaban J connectivity index is 1.87. The zero-order valence-corrected chi connectivity index (χ0v) is 18.5. The Bertz CT molecular complexity index is 1540. The van der Waals surface area contributed by atoms with E-state index >= 15 is 0 Å². The molecular formula is C27H24N2O3. The zero-order valence-electron chi connectivity index (χ0n) is 18.5. The molecular weight excluding hydrogens is 400 g/mol. The fourth-order valence-electron chi connectivity index (χ4n) is 4.28. The second kappa shape index (κ2) is 7.61. The molecule has 0 amide bonds. The number of ether oxygens (including phenoxy) is 1. The van der Waals surface area contributed by atoms with E-state index in [0.29, 0.717) is 22.6 Å². The average Bonchev–Trinajstić information content (AvgIpc) is 3.19. The quantitative estimate of drug-likeness (QED) is 0.367. The van der Waals surface area contributed by atoms with Crippen LogP contribution in [0.3, 0.4) is 0 Å². The third kappa shape index (κ3) is 3.14. The van der Waals surface area contributed by atoms with Gasteiger partial charge in [0.2, 0.25) is 5.88 Å². The van der Waals surface area contributed by atoms with Crippen molar-refractivity contribution < 1.29 is 9.15 Å². The number of aromatic nitrogens is 1. The van der Waals surface area contributed by atoms with Crippen LogP contribution in [0.15, 0.2) is 75.9 Å². The first-order chi connectivity index (χ1) is 15.5. The topological polar surface area (TPSA) is 56.4 Å². The van der Waals surface area contributed by atoms with E-state index in [1.165, 1.54) is 5.56 Å². The number of fused-ring (bicyclic) bond motifs is 3. The molecule has 5 aromatic rings. The summed E-state index contributed by atoms with van der Waals surface area (Å²) in [6, 6.07) is 21.7. The minimum absolute atomic E-state index is 0.103. The van der Waals surface area contributed by atoms with Crippen LogP contribution in [0, 0.1) is 13.8 Å². The summed E-state index contributed by atoms with van der Waals surface area (Å²) < 4.78 is 13.5. The number of rotatable bonds is 4. The van der Waals surface area contributed by atoms with Crippen LogP contribution in [0.25, 0.3) is 33.0 Å². The SMILES string of the molecule is COc1cccc(-c2c(Nc3ccc(C)cc3C)oc3c2c(=O)n(C)c2ccccc32)c1. The van der Waals surface area contributed by atoms with E-state index in [4.69, 9.17) is 9.15 Å². The summed E-state index contributed by atoms with van der Waals surface area (Å²) in [5.41, 5.74) is 6.09. The van der Waals surface area contributed by atoms with Crippen molar-refractivity contribution in [3.63, 3.8) is 0 Å². The average molecular weight is 425 g/mol. The van der Waals surface area contributed by atoms with Gasteiger partial charge < -0.3 is 19.0 Å². The second-order valence-electron chi connectivity index (χ2n) is 8.07. The number of hydrogen-bond acceptors (Lipinski definition) is 4. The molecule has 5 rings (SSSR count). The van der Waals surface area contributed by atoms with E-state index in [0.717, 1.165) is 33.3 Å². The molecule has 0 atom stereocenters. The van der Waals surface area contributed by atoms with Crippen molar-refractivity contribution in [2.45, 2.75) is 13.8 Å². The highest BCUT2D eigenvalue weighted by Gasteiger charge is 2.23. The van der Waals surface area contributed by atoms with E-state index in [-0.39, 0.29) is 5.56 Å². The van der Waals surface area contributed by atoms with Crippen molar-refractivity contribution in [1.82, 2.24) is 4.57 Å². The van der Waals surface area contributed by atoms with Crippen molar-refractivity contribution in [2.75, 3.05) is 12.4 Å². The van der Waals surface area contributed by atoms with Gasteiger partial charge in [-0.3, -0.25) is 4.79 Å². The predicted octanol–water partition coefficient (Wildman–Crippen LogP) is 6.32. The third-order valence-corrected chi connectivity index (χ3v) is 5.93. The number of anilines is 2. The first-order valence-electron chi connectivity index (χ1n) is 10.5. The molecule has 2 heterocycles. The molecule has 3 aromatic carbocycles. The molecule has 0 saturated heterocycles. The summed E-state index contributed by atoms with van der Waals surface area (Å²) >= 11 is 0. The Morgan fingerprint density at radius 2 is 1.78 bits per heavy atom. The molecule has 0 saturated carbocycles. The van der Waals surface area contributed by atoms with E-state index in [2.05, 4.69) is 31.3 Å². The van der Waals surface area contributed by atoms with Gasteiger partial charge >= 0.3 is 0 Å². The van der Waals surface area contributed by atoms with Gasteiger partial charge in [-0.15, -0.1) is 0 Å². The number of hydrogen-bond donors (Lipinski definition) is 1. The predicted molar refractivity (Wildman–Crippen MR) is 130 cm³/mol. The van der Waals surface area contributed by atoms with Crippen LogP contribution in [-0.4, -0.2) is 11.7 Å². The highest BCUT2D eigenvalue weighted by molar-refractivity contribution is 6.11. The minimum Gasteiger partial charge on any atom is -0.497 e. The van der Waals surface area contributed by atoms with Crippen LogP contribution in [0.1, 0.15) is 11.1 Å². The normalized spacial score (nSPS) is 11.2. The fourth-order valence-corrected chi connectivity index (χ4v) is 4.28. The Morgan fingerprint density at radius 1 is 0.969 bits per heavy atom. The van der Waals surface area contributed by atoms with E-state index in [1.54, 1.807) is 18.7 Å². The molecule has 0 aliphatic heterocycles. The van der Waals surface area contributed by atoms with Crippen molar-refractivity contribution in [2.24, 2.45) is 7.05 Å². The van der Waals surface area contributed by atoms with Crippen LogP contribution < -0.4 is 15.6 Å². The summed E-state index contributed by atoms with van der Waals surface area (Å²) in [5.74, 6) is 1.25. The molecule has 1 N–H and O–H groups in total. The maximum atomic E-state index is 13.5. The van der Waals surface area contributed by atoms with Crippen molar-refractivity contribution in [3.8, 4) is 16.9 Å². The monoisotopic (exact) mass is 424 g/mol. The van der Waals surface area contributed by atoms with E-state index in [1.807, 2.05) is 54.6 Å². The lowest BCUT2D eigenvalue weighted by atomic mass is 10.0. The number of aryl methyl sites for hydroxylation is 3. The second-order valence-corrected chi connectivity index (χ2v) is 8.07. The number of para-hydroxylation sites is 1. The van der Waals surface area contributed by atoms with E-state index in [9.17, 15) is 4.79 Å². The Morgan fingerprint density at radius 3 is 2.56 bits per heavy atom. The van der Waals surface area contributed by atoms with E-state index < -0.39 is 0 Å². The fraction of sp³-hybridized carbons (Fsp3) is 0.148. The first-order valence-corrected chi connectivity index (χ1v) is 10.5. The largest absolute Gasteiger partial charge is 0.497 e. The third-order valence-electron chi connectivity index (χ3n) is 5.93. The molecule has 0 fully saturated rings. The summed E-state index contributed by atoms with van der Waals surface area (Å²) in [7, 11) is 3.43. The van der Waals surface area contributed by atoms with Crippen molar-refractivity contribution in [3.05, 3.63) is 88.2 Å². The number of methoxy groups -OCH3 is 1. The Hall–Kier alpha value is -3.99. The van der Waals surface area contributed by atoms with Gasteiger partial charge in [0.1, 0.15) is 5.75 Å². The molecule has 5 nitrogen and oxygen atoms in total. The Kier molecular flexibility index (Phi) is 4.74. The summed E-state index contributed by atoms with van der Waals surface area (Å²) in [6.45, 7) is 4.12. The highest BCUT2D eigenvalue weighted by Crippen LogP contribution is 2.42. The maximum Gasteiger partial charge on any atom is 0.262 e. The summed E-state index contributed by atoms with van der Waals surface area (Å²) in [5, 5.41) is 4.89. The summed E-state index contributed by atoms with van der Waals surface area (Å²) in [4.78, 5) is 13.5.